The average Bonchev–Trinajstić information content (AvgIpc) is 2.45. The largest absolute Gasteiger partial charge is 0.288 e. The first-order valence-corrected chi connectivity index (χ1v) is 8.30. The molecule has 1 aromatic rings. The number of nitrogens with zero attached hydrogens (tertiary/aromatic N) is 3. The average molecular weight is 352 g/mol. The second kappa shape index (κ2) is 6.46. The highest BCUT2D eigenvalue weighted by Gasteiger charge is 2.31. The number of nitriles is 1. The van der Waals surface area contributed by atoms with Gasteiger partial charge in [0.05, 0.1) is 22.7 Å². The van der Waals surface area contributed by atoms with E-state index in [2.05, 4.69) is 0 Å². The smallest absolute Gasteiger partial charge is 0.244 e. The van der Waals surface area contributed by atoms with Crippen LogP contribution in [-0.2, 0) is 10.0 Å². The van der Waals surface area contributed by atoms with Gasteiger partial charge in [-0.15, -0.1) is 0 Å². The Kier molecular flexibility index (Phi) is 5.07. The maximum absolute atomic E-state index is 13.7. The van der Waals surface area contributed by atoms with Crippen LogP contribution in [0, 0.1) is 17.1 Å². The molecule has 0 bridgehead atoms. The molecule has 0 spiro atoms. The summed E-state index contributed by atoms with van der Waals surface area (Å²) in [5.74, 6) is -0.942. The maximum atomic E-state index is 13.7. The number of benzene rings is 1. The van der Waals surface area contributed by atoms with Crippen molar-refractivity contribution in [1.29, 1.82) is 5.26 Å². The normalized spacial score (nSPS) is 17.6. The minimum Gasteiger partial charge on any atom is -0.288 e. The van der Waals surface area contributed by atoms with Crippen molar-refractivity contribution in [2.45, 2.75) is 4.90 Å². The Bertz CT molecular complexity index is 682. The van der Waals surface area contributed by atoms with E-state index in [4.69, 9.17) is 28.5 Å². The second-order valence-corrected chi connectivity index (χ2v) is 7.20. The topological polar surface area (TPSA) is 64.4 Å². The molecular formula is C12H12Cl2FN3O2S. The quantitative estimate of drug-likeness (QED) is 0.616. The van der Waals surface area contributed by atoms with Crippen LogP contribution in [0.2, 0.25) is 10.0 Å². The molecule has 0 amide bonds. The summed E-state index contributed by atoms with van der Waals surface area (Å²) in [5, 5.41) is 7.90. The summed E-state index contributed by atoms with van der Waals surface area (Å²) in [4.78, 5) is 1.55. The summed E-state index contributed by atoms with van der Waals surface area (Å²) in [7, 11) is -3.88. The Morgan fingerprint density at radius 1 is 1.24 bits per heavy atom. The van der Waals surface area contributed by atoms with Crippen LogP contribution in [-0.4, -0.2) is 50.3 Å². The molecule has 0 unspecified atom stereocenters. The van der Waals surface area contributed by atoms with Crippen LogP contribution in [0.1, 0.15) is 0 Å². The zero-order chi connectivity index (χ0) is 15.6. The lowest BCUT2D eigenvalue weighted by Gasteiger charge is -2.32. The van der Waals surface area contributed by atoms with E-state index in [-0.39, 0.29) is 29.6 Å². The fourth-order valence-corrected chi connectivity index (χ4v) is 4.22. The first-order valence-electron chi connectivity index (χ1n) is 6.11. The van der Waals surface area contributed by atoms with E-state index in [1.54, 1.807) is 0 Å². The molecular weight excluding hydrogens is 340 g/mol. The molecule has 0 radical (unpaired) electrons. The highest BCUT2D eigenvalue weighted by molar-refractivity contribution is 7.89. The molecule has 1 aliphatic rings. The van der Waals surface area contributed by atoms with Crippen molar-refractivity contribution in [1.82, 2.24) is 9.21 Å². The first kappa shape index (κ1) is 16.5. The van der Waals surface area contributed by atoms with Crippen molar-refractivity contribution < 1.29 is 12.8 Å². The summed E-state index contributed by atoms with van der Waals surface area (Å²) in [5.41, 5.74) is 0. The van der Waals surface area contributed by atoms with Crippen LogP contribution in [0.3, 0.4) is 0 Å². The third-order valence-electron chi connectivity index (χ3n) is 3.24. The Hall–Kier alpha value is -0.910. The van der Waals surface area contributed by atoms with Gasteiger partial charge in [-0.2, -0.15) is 9.57 Å². The van der Waals surface area contributed by atoms with E-state index >= 15 is 0 Å². The Morgan fingerprint density at radius 2 is 1.86 bits per heavy atom. The molecule has 9 heteroatoms. The second-order valence-electron chi connectivity index (χ2n) is 4.51. The van der Waals surface area contributed by atoms with Crippen molar-refractivity contribution in [3.63, 3.8) is 0 Å². The third-order valence-corrected chi connectivity index (χ3v) is 5.96. The number of hydrogen-bond donors (Lipinski definition) is 0. The molecule has 1 aromatic carbocycles. The fourth-order valence-electron chi connectivity index (χ4n) is 2.07. The van der Waals surface area contributed by atoms with E-state index in [1.165, 1.54) is 16.4 Å². The molecule has 21 heavy (non-hydrogen) atoms. The summed E-state index contributed by atoms with van der Waals surface area (Å²) in [6.45, 7) is 1.60. The minimum absolute atomic E-state index is 0.224. The molecule has 1 aliphatic heterocycles. The van der Waals surface area contributed by atoms with Crippen LogP contribution in [0.25, 0.3) is 0 Å². The summed E-state index contributed by atoms with van der Waals surface area (Å²) in [6.07, 6.45) is 0. The summed E-state index contributed by atoms with van der Waals surface area (Å²) >= 11 is 11.3. The van der Waals surface area contributed by atoms with Crippen molar-refractivity contribution in [2.24, 2.45) is 0 Å². The van der Waals surface area contributed by atoms with E-state index in [1.807, 2.05) is 11.0 Å². The van der Waals surface area contributed by atoms with Gasteiger partial charge in [-0.25, -0.2) is 12.8 Å². The molecule has 2 rings (SSSR count). The van der Waals surface area contributed by atoms with E-state index < -0.39 is 20.9 Å². The Labute approximate surface area is 132 Å². The lowest BCUT2D eigenvalue weighted by molar-refractivity contribution is 0.206. The molecule has 5 nitrogen and oxygen atoms in total. The molecule has 1 saturated heterocycles. The minimum atomic E-state index is -3.88. The van der Waals surface area contributed by atoms with E-state index in [9.17, 15) is 12.8 Å². The third kappa shape index (κ3) is 3.30. The maximum Gasteiger partial charge on any atom is 0.244 e. The fraction of sp³-hybridized carbons (Fsp3) is 0.417. The van der Waals surface area contributed by atoms with Gasteiger partial charge >= 0.3 is 0 Å². The van der Waals surface area contributed by atoms with Gasteiger partial charge in [0.25, 0.3) is 0 Å². The van der Waals surface area contributed by atoms with Gasteiger partial charge in [-0.1, -0.05) is 23.2 Å². The van der Waals surface area contributed by atoms with Crippen molar-refractivity contribution in [3.05, 3.63) is 28.0 Å². The molecule has 0 atom stereocenters. The number of halogens is 3. The Morgan fingerprint density at radius 3 is 2.43 bits per heavy atom. The van der Waals surface area contributed by atoms with Gasteiger partial charge in [0.2, 0.25) is 10.0 Å². The highest BCUT2D eigenvalue weighted by atomic mass is 35.5. The van der Waals surface area contributed by atoms with E-state index in [0.717, 1.165) is 0 Å². The van der Waals surface area contributed by atoms with Gasteiger partial charge < -0.3 is 0 Å². The first-order chi connectivity index (χ1) is 9.87. The number of sulfonamides is 1. The van der Waals surface area contributed by atoms with Crippen LogP contribution < -0.4 is 0 Å². The lowest BCUT2D eigenvalue weighted by Crippen LogP contribution is -2.48. The SMILES string of the molecule is N#CCN1CCN(S(=O)(=O)c2ccc(Cl)c(F)c2Cl)CC1. The number of hydrogen-bond acceptors (Lipinski definition) is 4. The van der Waals surface area contributed by atoms with Gasteiger partial charge in [0.15, 0.2) is 5.82 Å². The molecule has 1 heterocycles. The molecule has 0 N–H and O–H groups in total. The molecule has 0 saturated carbocycles. The van der Waals surface area contributed by atoms with Crippen molar-refractivity contribution >= 4 is 33.2 Å². The zero-order valence-electron chi connectivity index (χ0n) is 10.9. The predicted octanol–water partition coefficient (Wildman–Crippen LogP) is 1.96. The van der Waals surface area contributed by atoms with Crippen LogP contribution in [0.4, 0.5) is 4.39 Å². The van der Waals surface area contributed by atoms with Gasteiger partial charge in [-0.05, 0) is 12.1 Å². The molecule has 114 valence electrons. The van der Waals surface area contributed by atoms with Gasteiger partial charge in [-0.3, -0.25) is 4.90 Å². The number of piperazine rings is 1. The standard InChI is InChI=1S/C12H12Cl2FN3O2S/c13-9-1-2-10(11(14)12(9)15)21(19,20)18-7-5-17(4-3-16)6-8-18/h1-2H,4-8H2. The lowest BCUT2D eigenvalue weighted by atomic mass is 10.3. The zero-order valence-corrected chi connectivity index (χ0v) is 13.2. The molecule has 0 aromatic heterocycles. The summed E-state index contributed by atoms with van der Waals surface area (Å²) in [6, 6.07) is 4.39. The van der Waals surface area contributed by atoms with Gasteiger partial charge in [0.1, 0.15) is 4.90 Å². The van der Waals surface area contributed by atoms with Crippen molar-refractivity contribution in [2.75, 3.05) is 32.7 Å². The Balaban J connectivity index is 2.24. The summed E-state index contributed by atoms with van der Waals surface area (Å²) < 4.78 is 39.9. The molecule has 0 aliphatic carbocycles. The van der Waals surface area contributed by atoms with Crippen LogP contribution >= 0.6 is 23.2 Å². The predicted molar refractivity (Wildman–Crippen MR) is 77.2 cm³/mol. The van der Waals surface area contributed by atoms with Crippen molar-refractivity contribution in [3.8, 4) is 6.07 Å². The van der Waals surface area contributed by atoms with E-state index in [0.29, 0.717) is 13.1 Å². The highest BCUT2D eigenvalue weighted by Crippen LogP contribution is 2.31. The molecule has 1 fully saturated rings. The monoisotopic (exact) mass is 351 g/mol. The van der Waals surface area contributed by atoms with Crippen LogP contribution in [0.15, 0.2) is 17.0 Å². The number of rotatable bonds is 3. The van der Waals surface area contributed by atoms with Gasteiger partial charge in [0, 0.05) is 26.2 Å². The van der Waals surface area contributed by atoms with Crippen LogP contribution in [0.5, 0.6) is 0 Å².